The molecule has 0 saturated carbocycles. The molecule has 22 heavy (non-hydrogen) atoms. The maximum Gasteiger partial charge on any atom is 0.275 e. The molecule has 1 atom stereocenters. The smallest absolute Gasteiger partial charge is 0.275 e. The van der Waals surface area contributed by atoms with Crippen molar-refractivity contribution in [1.29, 1.82) is 0 Å². The van der Waals surface area contributed by atoms with E-state index in [1.54, 1.807) is 29.7 Å². The SMILES string of the molecule is Cc1cc(=O)n2ncnc2n1C[C@H](O)c1cc(Cl)ccc1Cl. The first-order valence-corrected chi connectivity index (χ1v) is 7.26. The molecule has 3 aromatic rings. The minimum Gasteiger partial charge on any atom is -0.386 e. The molecule has 0 unspecified atom stereocenters. The van der Waals surface area contributed by atoms with E-state index in [9.17, 15) is 9.90 Å². The number of nitrogens with zero attached hydrogens (tertiary/aromatic N) is 4. The molecule has 1 N–H and O–H groups in total. The molecule has 2 heterocycles. The van der Waals surface area contributed by atoms with E-state index in [1.807, 2.05) is 0 Å². The Morgan fingerprint density at radius 2 is 2.09 bits per heavy atom. The van der Waals surface area contributed by atoms with Gasteiger partial charge in [0.25, 0.3) is 5.56 Å². The van der Waals surface area contributed by atoms with Gasteiger partial charge < -0.3 is 9.67 Å². The van der Waals surface area contributed by atoms with Crippen LogP contribution in [0.25, 0.3) is 5.78 Å². The predicted molar refractivity (Wildman–Crippen MR) is 83.4 cm³/mol. The highest BCUT2D eigenvalue weighted by Crippen LogP contribution is 2.27. The number of fused-ring (bicyclic) bond motifs is 1. The summed E-state index contributed by atoms with van der Waals surface area (Å²) in [5, 5.41) is 15.3. The lowest BCUT2D eigenvalue weighted by atomic mass is 10.1. The average Bonchev–Trinajstić information content (AvgIpc) is 2.95. The molecule has 0 radical (unpaired) electrons. The molecule has 0 amide bonds. The van der Waals surface area contributed by atoms with Crippen molar-refractivity contribution in [3.8, 4) is 0 Å². The van der Waals surface area contributed by atoms with E-state index in [0.29, 0.717) is 27.1 Å². The molecule has 0 aliphatic heterocycles. The van der Waals surface area contributed by atoms with Gasteiger partial charge in [0.1, 0.15) is 6.33 Å². The van der Waals surface area contributed by atoms with E-state index in [4.69, 9.17) is 23.2 Å². The molecular weight excluding hydrogens is 327 g/mol. The van der Waals surface area contributed by atoms with Crippen LogP contribution in [0, 0.1) is 6.92 Å². The van der Waals surface area contributed by atoms with E-state index < -0.39 is 6.10 Å². The highest BCUT2D eigenvalue weighted by atomic mass is 35.5. The zero-order chi connectivity index (χ0) is 15.9. The molecule has 0 spiro atoms. The third-order valence-electron chi connectivity index (χ3n) is 3.41. The van der Waals surface area contributed by atoms with Crippen LogP contribution in [-0.2, 0) is 6.54 Å². The van der Waals surface area contributed by atoms with E-state index >= 15 is 0 Å². The fraction of sp³-hybridized carbons (Fsp3) is 0.214. The first-order chi connectivity index (χ1) is 10.5. The van der Waals surface area contributed by atoms with Crippen LogP contribution in [-0.4, -0.2) is 24.3 Å². The van der Waals surface area contributed by atoms with Crippen LogP contribution in [0.3, 0.4) is 0 Å². The normalized spacial score (nSPS) is 12.7. The van der Waals surface area contributed by atoms with Gasteiger partial charge in [-0.3, -0.25) is 4.79 Å². The second kappa shape index (κ2) is 5.72. The Morgan fingerprint density at radius 3 is 2.86 bits per heavy atom. The van der Waals surface area contributed by atoms with Crippen LogP contribution in [0.4, 0.5) is 0 Å². The van der Waals surface area contributed by atoms with Gasteiger partial charge in [-0.05, 0) is 25.1 Å². The summed E-state index contributed by atoms with van der Waals surface area (Å²) in [6.45, 7) is 1.94. The lowest BCUT2D eigenvalue weighted by Crippen LogP contribution is -2.22. The standard InChI is InChI=1S/C14H12Cl2N4O2/c1-8-4-13(22)20-14(17-7-18-20)19(8)6-12(21)10-5-9(15)2-3-11(10)16/h2-5,7,12,21H,6H2,1H3/t12-/m0/s1. The summed E-state index contributed by atoms with van der Waals surface area (Å²) in [7, 11) is 0. The highest BCUT2D eigenvalue weighted by molar-refractivity contribution is 6.33. The van der Waals surface area contributed by atoms with Crippen molar-refractivity contribution in [3.63, 3.8) is 0 Å². The Hall–Kier alpha value is -1.89. The van der Waals surface area contributed by atoms with E-state index in [0.717, 1.165) is 0 Å². The molecule has 0 aliphatic rings. The van der Waals surface area contributed by atoms with Crippen molar-refractivity contribution in [3.05, 3.63) is 62.2 Å². The van der Waals surface area contributed by atoms with Crippen LogP contribution < -0.4 is 5.56 Å². The zero-order valence-corrected chi connectivity index (χ0v) is 13.1. The summed E-state index contributed by atoms with van der Waals surface area (Å²) >= 11 is 12.1. The van der Waals surface area contributed by atoms with Gasteiger partial charge in [-0.15, -0.1) is 0 Å². The number of hydrogen-bond donors (Lipinski definition) is 1. The van der Waals surface area contributed by atoms with Gasteiger partial charge in [0.2, 0.25) is 5.78 Å². The minimum atomic E-state index is -0.895. The summed E-state index contributed by atoms with van der Waals surface area (Å²) in [5.41, 5.74) is 0.921. The van der Waals surface area contributed by atoms with Gasteiger partial charge in [-0.2, -0.15) is 14.6 Å². The van der Waals surface area contributed by atoms with Gasteiger partial charge in [0.05, 0.1) is 12.6 Å². The molecule has 114 valence electrons. The molecule has 8 heteroatoms. The van der Waals surface area contributed by atoms with Crippen molar-refractivity contribution in [2.45, 2.75) is 19.6 Å². The number of aryl methyl sites for hydroxylation is 1. The maximum atomic E-state index is 11.8. The van der Waals surface area contributed by atoms with Crippen LogP contribution in [0.2, 0.25) is 10.0 Å². The second-order valence-electron chi connectivity index (χ2n) is 4.89. The van der Waals surface area contributed by atoms with E-state index in [2.05, 4.69) is 10.1 Å². The van der Waals surface area contributed by atoms with Gasteiger partial charge in [0, 0.05) is 27.4 Å². The van der Waals surface area contributed by atoms with E-state index in [-0.39, 0.29) is 12.1 Å². The van der Waals surface area contributed by atoms with Crippen molar-refractivity contribution in [1.82, 2.24) is 19.2 Å². The largest absolute Gasteiger partial charge is 0.386 e. The van der Waals surface area contributed by atoms with Crippen LogP contribution in [0.5, 0.6) is 0 Å². The molecule has 0 aliphatic carbocycles. The number of aliphatic hydroxyl groups excluding tert-OH is 1. The van der Waals surface area contributed by atoms with Crippen molar-refractivity contribution < 1.29 is 5.11 Å². The van der Waals surface area contributed by atoms with Gasteiger partial charge >= 0.3 is 0 Å². The molecule has 3 rings (SSSR count). The quantitative estimate of drug-likeness (QED) is 0.794. The minimum absolute atomic E-state index is 0.175. The lowest BCUT2D eigenvalue weighted by Gasteiger charge is -2.17. The fourth-order valence-corrected chi connectivity index (χ4v) is 2.74. The number of halogens is 2. The van der Waals surface area contributed by atoms with Crippen LogP contribution >= 0.6 is 23.2 Å². The third-order valence-corrected chi connectivity index (χ3v) is 3.99. The maximum absolute atomic E-state index is 11.8. The van der Waals surface area contributed by atoms with E-state index in [1.165, 1.54) is 16.9 Å². The number of rotatable bonds is 3. The Kier molecular flexibility index (Phi) is 3.90. The van der Waals surface area contributed by atoms with Crippen molar-refractivity contribution in [2.75, 3.05) is 0 Å². The summed E-state index contributed by atoms with van der Waals surface area (Å²) < 4.78 is 2.88. The first kappa shape index (κ1) is 15.0. The Bertz CT molecular complexity index is 903. The van der Waals surface area contributed by atoms with Crippen LogP contribution in [0.15, 0.2) is 35.4 Å². The molecule has 0 saturated heterocycles. The summed E-state index contributed by atoms with van der Waals surface area (Å²) in [5.74, 6) is 0.363. The fourth-order valence-electron chi connectivity index (χ4n) is 2.32. The summed E-state index contributed by atoms with van der Waals surface area (Å²) in [6.07, 6.45) is 0.402. The van der Waals surface area contributed by atoms with Gasteiger partial charge in [0.15, 0.2) is 0 Å². The van der Waals surface area contributed by atoms with Crippen molar-refractivity contribution in [2.24, 2.45) is 0 Å². The first-order valence-electron chi connectivity index (χ1n) is 6.50. The highest BCUT2D eigenvalue weighted by Gasteiger charge is 2.16. The molecule has 0 bridgehead atoms. The second-order valence-corrected chi connectivity index (χ2v) is 5.73. The third kappa shape index (κ3) is 2.61. The van der Waals surface area contributed by atoms with Gasteiger partial charge in [-0.25, -0.2) is 0 Å². The summed E-state index contributed by atoms with van der Waals surface area (Å²) in [6, 6.07) is 6.34. The molecular formula is C14H12Cl2N4O2. The molecule has 1 aromatic carbocycles. The van der Waals surface area contributed by atoms with Gasteiger partial charge in [-0.1, -0.05) is 23.2 Å². The number of aliphatic hydroxyl groups is 1. The average molecular weight is 339 g/mol. The number of hydrogen-bond acceptors (Lipinski definition) is 4. The lowest BCUT2D eigenvalue weighted by molar-refractivity contribution is 0.156. The Morgan fingerprint density at radius 1 is 1.32 bits per heavy atom. The number of benzene rings is 1. The number of aromatic nitrogens is 4. The predicted octanol–water partition coefficient (Wildman–Crippen LogP) is 2.24. The molecule has 0 fully saturated rings. The Labute approximate surface area is 135 Å². The molecule has 6 nitrogen and oxygen atoms in total. The Balaban J connectivity index is 2.05. The van der Waals surface area contributed by atoms with Crippen molar-refractivity contribution >= 4 is 29.0 Å². The summed E-state index contributed by atoms with van der Waals surface area (Å²) in [4.78, 5) is 15.9. The monoisotopic (exact) mass is 338 g/mol. The molecule has 2 aromatic heterocycles. The van der Waals surface area contributed by atoms with Crippen LogP contribution in [0.1, 0.15) is 17.4 Å². The topological polar surface area (TPSA) is 72.4 Å². The zero-order valence-electron chi connectivity index (χ0n) is 11.6.